The maximum atomic E-state index is 12.5. The number of fused-ring (bicyclic) bond motifs is 1. The second kappa shape index (κ2) is 8.52. The van der Waals surface area contributed by atoms with Crippen LogP contribution in [0.2, 0.25) is 5.02 Å². The number of amides is 1. The van der Waals surface area contributed by atoms with Crippen molar-refractivity contribution in [2.75, 3.05) is 13.1 Å². The third kappa shape index (κ3) is 4.14. The van der Waals surface area contributed by atoms with E-state index in [2.05, 4.69) is 10.5 Å². The molecule has 1 aliphatic rings. The lowest BCUT2D eigenvalue weighted by Gasteiger charge is -2.18. The van der Waals surface area contributed by atoms with Crippen molar-refractivity contribution in [1.29, 1.82) is 0 Å². The fourth-order valence-corrected chi connectivity index (χ4v) is 5.04. The first-order valence-electron chi connectivity index (χ1n) is 9.27. The molecule has 0 bridgehead atoms. The van der Waals surface area contributed by atoms with Crippen molar-refractivity contribution in [3.63, 3.8) is 0 Å². The number of phenolic OH excluding ortho intramolecular Hbond substituents is 1. The van der Waals surface area contributed by atoms with E-state index >= 15 is 0 Å². The molecule has 0 spiro atoms. The maximum Gasteiger partial charge on any atom is 0.271 e. The Labute approximate surface area is 175 Å². The molecular weight excluding hydrogens is 414 g/mol. The Bertz CT molecular complexity index is 1060. The maximum absolute atomic E-state index is 12.5. The molecule has 2 N–H and O–H groups in total. The van der Waals surface area contributed by atoms with Gasteiger partial charge in [0.05, 0.1) is 10.6 Å². The van der Waals surface area contributed by atoms with Crippen LogP contribution in [0.5, 0.6) is 5.75 Å². The average Bonchev–Trinajstić information content (AvgIpc) is 3.15. The predicted octanol–water partition coefficient (Wildman–Crippen LogP) is 3.16. The molecule has 0 radical (unpaired) electrons. The Morgan fingerprint density at radius 3 is 2.41 bits per heavy atom. The monoisotopic (exact) mass is 435 g/mol. The van der Waals surface area contributed by atoms with Crippen molar-refractivity contribution in [2.45, 2.75) is 31.6 Å². The quantitative estimate of drug-likeness (QED) is 0.681. The van der Waals surface area contributed by atoms with E-state index in [1.165, 1.54) is 34.6 Å². The lowest BCUT2D eigenvalue weighted by Crippen LogP contribution is -2.30. The molecule has 7 nitrogen and oxygen atoms in total. The van der Waals surface area contributed by atoms with E-state index in [0.29, 0.717) is 42.2 Å². The van der Waals surface area contributed by atoms with Crippen molar-refractivity contribution >= 4 is 33.2 Å². The minimum Gasteiger partial charge on any atom is -0.507 e. The molecule has 2 aromatic carbocycles. The van der Waals surface area contributed by atoms with Gasteiger partial charge in [-0.1, -0.05) is 25.4 Å². The van der Waals surface area contributed by atoms with Crippen LogP contribution in [0.4, 0.5) is 0 Å². The van der Waals surface area contributed by atoms with Crippen molar-refractivity contribution in [3.05, 3.63) is 58.1 Å². The highest BCUT2D eigenvalue weighted by Crippen LogP contribution is 2.35. The molecule has 9 heteroatoms. The number of aromatic hydroxyl groups is 1. The van der Waals surface area contributed by atoms with Gasteiger partial charge in [-0.3, -0.25) is 4.79 Å². The number of carbonyl (C=O) groups excluding carboxylic acids is 1. The van der Waals surface area contributed by atoms with Crippen LogP contribution in [0.1, 0.15) is 41.8 Å². The standard InChI is InChI=1S/C20H22ClN3O4S/c1-3-24(4-2)29(27,28)14-7-5-13(6-8-14)20(26)23-22-17-11-9-15-16(21)10-12-18(25)19(15)17/h5-8,10,12,25H,3-4,9,11H2,1-2H3,(H,23,26)/b22-17+. The molecule has 0 fully saturated rings. The number of sulfonamides is 1. The third-order valence-electron chi connectivity index (χ3n) is 4.89. The highest BCUT2D eigenvalue weighted by molar-refractivity contribution is 7.89. The minimum absolute atomic E-state index is 0.0702. The van der Waals surface area contributed by atoms with E-state index in [4.69, 9.17) is 11.6 Å². The Hall–Kier alpha value is -2.42. The van der Waals surface area contributed by atoms with E-state index in [1.54, 1.807) is 19.9 Å². The van der Waals surface area contributed by atoms with Crippen LogP contribution in [0, 0.1) is 0 Å². The zero-order valence-corrected chi connectivity index (χ0v) is 17.7. The van der Waals surface area contributed by atoms with Gasteiger partial charge in [-0.25, -0.2) is 13.8 Å². The highest BCUT2D eigenvalue weighted by atomic mass is 35.5. The molecule has 29 heavy (non-hydrogen) atoms. The van der Waals surface area contributed by atoms with Crippen LogP contribution in [0.15, 0.2) is 46.4 Å². The molecule has 1 aliphatic carbocycles. The summed E-state index contributed by atoms with van der Waals surface area (Å²) >= 11 is 6.15. The number of phenols is 1. The zero-order chi connectivity index (χ0) is 21.2. The number of hydrazone groups is 1. The summed E-state index contributed by atoms with van der Waals surface area (Å²) < 4.78 is 26.4. The molecular formula is C20H22ClN3O4S. The molecule has 0 unspecified atom stereocenters. The molecule has 154 valence electrons. The van der Waals surface area contributed by atoms with Crippen LogP contribution >= 0.6 is 11.6 Å². The molecule has 0 saturated heterocycles. The van der Waals surface area contributed by atoms with Gasteiger partial charge in [0.2, 0.25) is 10.0 Å². The van der Waals surface area contributed by atoms with Gasteiger partial charge in [0.25, 0.3) is 5.91 Å². The number of hydrogen-bond donors (Lipinski definition) is 2. The summed E-state index contributed by atoms with van der Waals surface area (Å²) in [7, 11) is -3.58. The van der Waals surface area contributed by atoms with Gasteiger partial charge >= 0.3 is 0 Å². The van der Waals surface area contributed by atoms with Gasteiger partial charge in [0.15, 0.2) is 0 Å². The number of benzene rings is 2. The second-order valence-corrected chi connectivity index (χ2v) is 8.88. The van der Waals surface area contributed by atoms with E-state index in [1.807, 2.05) is 0 Å². The van der Waals surface area contributed by atoms with Crippen LogP contribution in [-0.2, 0) is 16.4 Å². The first-order chi connectivity index (χ1) is 13.8. The minimum atomic E-state index is -3.58. The average molecular weight is 436 g/mol. The Morgan fingerprint density at radius 2 is 1.79 bits per heavy atom. The lowest BCUT2D eigenvalue weighted by atomic mass is 10.1. The zero-order valence-electron chi connectivity index (χ0n) is 16.1. The number of nitrogens with zero attached hydrogens (tertiary/aromatic N) is 2. The summed E-state index contributed by atoms with van der Waals surface area (Å²) in [6.45, 7) is 4.29. The van der Waals surface area contributed by atoms with Gasteiger partial charge in [0.1, 0.15) is 5.75 Å². The number of carbonyl (C=O) groups is 1. The summed E-state index contributed by atoms with van der Waals surface area (Å²) in [5, 5.41) is 14.8. The number of halogens is 1. The molecule has 0 aromatic heterocycles. The van der Waals surface area contributed by atoms with Crippen molar-refractivity contribution in [2.24, 2.45) is 5.10 Å². The van der Waals surface area contributed by atoms with E-state index in [-0.39, 0.29) is 16.2 Å². The second-order valence-electron chi connectivity index (χ2n) is 6.53. The molecule has 2 aromatic rings. The Kier molecular flexibility index (Phi) is 6.26. The molecule has 0 heterocycles. The fourth-order valence-electron chi connectivity index (χ4n) is 3.33. The normalized spacial score (nSPS) is 15.0. The molecule has 3 rings (SSSR count). The number of nitrogens with one attached hydrogen (secondary N) is 1. The van der Waals surface area contributed by atoms with Crippen LogP contribution in [-0.4, -0.2) is 42.5 Å². The summed E-state index contributed by atoms with van der Waals surface area (Å²) in [5.74, 6) is -0.403. The van der Waals surface area contributed by atoms with Gasteiger partial charge in [-0.15, -0.1) is 0 Å². The van der Waals surface area contributed by atoms with Crippen LogP contribution < -0.4 is 5.43 Å². The van der Waals surface area contributed by atoms with Crippen LogP contribution in [0.3, 0.4) is 0 Å². The largest absolute Gasteiger partial charge is 0.507 e. The van der Waals surface area contributed by atoms with Crippen LogP contribution in [0.25, 0.3) is 0 Å². The topological polar surface area (TPSA) is 99.1 Å². The molecule has 0 aliphatic heterocycles. The van der Waals surface area contributed by atoms with Gasteiger partial charge in [0, 0.05) is 29.2 Å². The van der Waals surface area contributed by atoms with Crippen molar-refractivity contribution < 1.29 is 18.3 Å². The van der Waals surface area contributed by atoms with E-state index < -0.39 is 15.9 Å². The van der Waals surface area contributed by atoms with Gasteiger partial charge in [-0.05, 0) is 54.8 Å². The van der Waals surface area contributed by atoms with Crippen molar-refractivity contribution in [1.82, 2.24) is 9.73 Å². The highest BCUT2D eigenvalue weighted by Gasteiger charge is 2.25. The summed E-state index contributed by atoms with van der Waals surface area (Å²) in [6.07, 6.45) is 1.18. The van der Waals surface area contributed by atoms with Gasteiger partial charge in [-0.2, -0.15) is 9.41 Å². The summed E-state index contributed by atoms with van der Waals surface area (Å²) in [6, 6.07) is 8.84. The molecule has 1 amide bonds. The van der Waals surface area contributed by atoms with Crippen molar-refractivity contribution in [3.8, 4) is 5.75 Å². The summed E-state index contributed by atoms with van der Waals surface area (Å²) in [4.78, 5) is 12.5. The number of hydrogen-bond acceptors (Lipinski definition) is 5. The fraction of sp³-hybridized carbons (Fsp3) is 0.300. The Balaban J connectivity index is 1.77. The number of rotatable bonds is 6. The third-order valence-corrected chi connectivity index (χ3v) is 7.30. The lowest BCUT2D eigenvalue weighted by molar-refractivity contribution is 0.0954. The van der Waals surface area contributed by atoms with Gasteiger partial charge < -0.3 is 5.11 Å². The predicted molar refractivity (Wildman–Crippen MR) is 112 cm³/mol. The van der Waals surface area contributed by atoms with E-state index in [0.717, 1.165) is 5.56 Å². The first kappa shape index (κ1) is 21.3. The Morgan fingerprint density at radius 1 is 1.14 bits per heavy atom. The summed E-state index contributed by atoms with van der Waals surface area (Å²) in [5.41, 5.74) is 4.66. The smallest absolute Gasteiger partial charge is 0.271 e. The molecule has 0 atom stereocenters. The van der Waals surface area contributed by atoms with E-state index in [9.17, 15) is 18.3 Å². The first-order valence-corrected chi connectivity index (χ1v) is 11.1. The molecule has 0 saturated carbocycles. The SMILES string of the molecule is CCN(CC)S(=O)(=O)c1ccc(C(=O)N/N=C2\CCc3c(Cl)ccc(O)c32)cc1.